The van der Waals surface area contributed by atoms with Gasteiger partial charge in [-0.2, -0.15) is 0 Å². The molecule has 0 amide bonds. The molecule has 0 unspecified atom stereocenters. The summed E-state index contributed by atoms with van der Waals surface area (Å²) in [6.45, 7) is 11.0. The van der Waals surface area contributed by atoms with Gasteiger partial charge in [0, 0.05) is 11.4 Å². The van der Waals surface area contributed by atoms with Crippen LogP contribution in [0.25, 0.3) is 0 Å². The second kappa shape index (κ2) is 3.00. The van der Waals surface area contributed by atoms with Crippen LogP contribution in [0.1, 0.15) is 34.6 Å². The lowest BCUT2D eigenvalue weighted by Gasteiger charge is -2.44. The second-order valence-corrected chi connectivity index (χ2v) is 4.81. The van der Waals surface area contributed by atoms with Crippen molar-refractivity contribution in [3.63, 3.8) is 0 Å². The molecule has 1 rings (SSSR count). The van der Waals surface area contributed by atoms with Crippen molar-refractivity contribution in [3.05, 3.63) is 6.20 Å². The van der Waals surface area contributed by atoms with Gasteiger partial charge in [0.05, 0.1) is 6.20 Å². The van der Waals surface area contributed by atoms with Crippen molar-refractivity contribution >= 4 is 12.2 Å². The lowest BCUT2D eigenvalue weighted by Crippen LogP contribution is -2.50. The Balaban J connectivity index is 2.94. The first-order chi connectivity index (χ1) is 5.86. The van der Waals surface area contributed by atoms with E-state index >= 15 is 0 Å². The van der Waals surface area contributed by atoms with E-state index in [0.717, 1.165) is 0 Å². The van der Waals surface area contributed by atoms with Gasteiger partial charge in [0.15, 0.2) is 0 Å². The zero-order chi connectivity index (χ0) is 10.1. The van der Waals surface area contributed by atoms with Crippen molar-refractivity contribution in [1.82, 2.24) is 4.90 Å². The van der Waals surface area contributed by atoms with Crippen LogP contribution in [0, 0.1) is 5.41 Å². The van der Waals surface area contributed by atoms with Gasteiger partial charge in [-0.1, -0.05) is 20.8 Å². The fourth-order valence-electron chi connectivity index (χ4n) is 0.929. The molecule has 0 aromatic carbocycles. The van der Waals surface area contributed by atoms with E-state index in [1.165, 1.54) is 0 Å². The van der Waals surface area contributed by atoms with Crippen LogP contribution in [0.4, 0.5) is 0 Å². The quantitative estimate of drug-likeness (QED) is 0.606. The molecule has 0 bridgehead atoms. The molecule has 0 aromatic rings. The standard InChI is InChI=1S/C10H17N3/c1-9(2,3)10(4,5)13-7-6-11-12-8-13/h7-8H,1-5H3. The monoisotopic (exact) mass is 179 g/mol. The molecule has 1 aliphatic heterocycles. The highest BCUT2D eigenvalue weighted by atomic mass is 15.3. The van der Waals surface area contributed by atoms with Crippen molar-refractivity contribution in [2.75, 3.05) is 0 Å². The molecule has 0 N–H and O–H groups in total. The molecule has 3 nitrogen and oxygen atoms in total. The Kier molecular flexibility index (Phi) is 2.31. The molecule has 0 aromatic heterocycles. The number of hydrogen-bond acceptors (Lipinski definition) is 3. The third-order valence-electron chi connectivity index (χ3n) is 2.97. The fourth-order valence-corrected chi connectivity index (χ4v) is 0.929. The maximum Gasteiger partial charge on any atom is 0.119 e. The Bertz CT molecular complexity index is 275. The average molecular weight is 179 g/mol. The van der Waals surface area contributed by atoms with Gasteiger partial charge in [-0.15, -0.1) is 10.2 Å². The highest BCUT2D eigenvalue weighted by Crippen LogP contribution is 2.34. The zero-order valence-electron chi connectivity index (χ0n) is 9.00. The minimum Gasteiger partial charge on any atom is -0.323 e. The third kappa shape index (κ3) is 1.81. The van der Waals surface area contributed by atoms with Crippen LogP contribution in [0.2, 0.25) is 0 Å². The molecule has 0 saturated carbocycles. The van der Waals surface area contributed by atoms with Crippen LogP contribution < -0.4 is 0 Å². The minimum absolute atomic E-state index is 0.0133. The largest absolute Gasteiger partial charge is 0.323 e. The van der Waals surface area contributed by atoms with Gasteiger partial charge < -0.3 is 4.90 Å². The molecule has 72 valence electrons. The van der Waals surface area contributed by atoms with E-state index in [1.54, 1.807) is 6.34 Å². The third-order valence-corrected chi connectivity index (χ3v) is 2.97. The fraction of sp³-hybridized carbons (Fsp3) is 0.700. The van der Waals surface area contributed by atoms with Gasteiger partial charge in [0.25, 0.3) is 0 Å². The van der Waals surface area contributed by atoms with Gasteiger partial charge in [-0.05, 0) is 19.3 Å². The summed E-state index contributed by atoms with van der Waals surface area (Å²) < 4.78 is 0. The topological polar surface area (TPSA) is 28.0 Å². The smallest absolute Gasteiger partial charge is 0.119 e. The van der Waals surface area contributed by atoms with Crippen LogP contribution >= 0.6 is 0 Å². The summed E-state index contributed by atoms with van der Waals surface area (Å²) in [4.78, 5) is 2.04. The van der Waals surface area contributed by atoms with Crippen LogP contribution in [0.5, 0.6) is 0 Å². The zero-order valence-corrected chi connectivity index (χ0v) is 9.00. The van der Waals surface area contributed by atoms with Crippen molar-refractivity contribution in [2.45, 2.75) is 40.2 Å². The molecule has 1 aliphatic rings. The summed E-state index contributed by atoms with van der Waals surface area (Å²) in [6, 6.07) is 0. The summed E-state index contributed by atoms with van der Waals surface area (Å²) in [5.41, 5.74) is 0.188. The van der Waals surface area contributed by atoms with E-state index in [1.807, 2.05) is 11.1 Å². The molecule has 0 spiro atoms. The van der Waals surface area contributed by atoms with Gasteiger partial charge in [0.2, 0.25) is 0 Å². The Morgan fingerprint density at radius 2 is 1.77 bits per heavy atom. The van der Waals surface area contributed by atoms with Crippen molar-refractivity contribution in [2.24, 2.45) is 15.6 Å². The summed E-state index contributed by atoms with van der Waals surface area (Å²) in [6.07, 6.45) is 3.57. The predicted molar refractivity (Wildman–Crippen MR) is 55.9 cm³/mol. The van der Waals surface area contributed by atoms with Crippen LogP contribution in [0.3, 0.4) is 0 Å². The maximum atomic E-state index is 3.82. The predicted octanol–water partition coefficient (Wildman–Crippen LogP) is 2.25. The van der Waals surface area contributed by atoms with Gasteiger partial charge in [-0.25, -0.2) is 0 Å². The molecule has 13 heavy (non-hydrogen) atoms. The Hall–Kier alpha value is -1.08. The highest BCUT2D eigenvalue weighted by Gasteiger charge is 2.36. The summed E-state index contributed by atoms with van der Waals surface area (Å²) in [7, 11) is 0. The van der Waals surface area contributed by atoms with Gasteiger partial charge in [0.1, 0.15) is 6.34 Å². The molecule has 0 fully saturated rings. The lowest BCUT2D eigenvalue weighted by atomic mass is 9.75. The minimum atomic E-state index is 0.0133. The van der Waals surface area contributed by atoms with E-state index in [-0.39, 0.29) is 11.0 Å². The molecule has 0 atom stereocenters. The molecular weight excluding hydrogens is 162 g/mol. The maximum absolute atomic E-state index is 3.82. The molecular formula is C10H17N3. The highest BCUT2D eigenvalue weighted by molar-refractivity contribution is 5.67. The number of nitrogens with zero attached hydrogens (tertiary/aromatic N) is 3. The first kappa shape index (κ1) is 10.0. The first-order valence-corrected chi connectivity index (χ1v) is 4.46. The van der Waals surface area contributed by atoms with Crippen LogP contribution in [-0.2, 0) is 0 Å². The summed E-state index contributed by atoms with van der Waals surface area (Å²) in [5.74, 6) is 2.74. The van der Waals surface area contributed by atoms with Crippen molar-refractivity contribution < 1.29 is 0 Å². The SMILES string of the molecule is CC(C)(C)C(C)(C)N1C=C=NN=C1. The molecule has 0 aliphatic carbocycles. The van der Waals surface area contributed by atoms with E-state index in [4.69, 9.17) is 0 Å². The number of hydrogen-bond donors (Lipinski definition) is 0. The normalized spacial score (nSPS) is 16.8. The Morgan fingerprint density at radius 3 is 2.15 bits per heavy atom. The first-order valence-electron chi connectivity index (χ1n) is 4.46. The van der Waals surface area contributed by atoms with Crippen molar-refractivity contribution in [3.8, 4) is 0 Å². The second-order valence-electron chi connectivity index (χ2n) is 4.81. The lowest BCUT2D eigenvalue weighted by molar-refractivity contribution is 0.118. The van der Waals surface area contributed by atoms with Gasteiger partial charge >= 0.3 is 0 Å². The average Bonchev–Trinajstić information content (AvgIpc) is 2.04. The Labute approximate surface area is 79.8 Å². The molecule has 0 saturated heterocycles. The molecule has 3 heteroatoms. The van der Waals surface area contributed by atoms with Crippen LogP contribution in [-0.4, -0.2) is 22.6 Å². The van der Waals surface area contributed by atoms with Crippen LogP contribution in [0.15, 0.2) is 16.4 Å². The van der Waals surface area contributed by atoms with E-state index in [2.05, 4.69) is 50.7 Å². The van der Waals surface area contributed by atoms with Crippen molar-refractivity contribution in [1.29, 1.82) is 0 Å². The van der Waals surface area contributed by atoms with E-state index in [9.17, 15) is 0 Å². The Morgan fingerprint density at radius 1 is 1.15 bits per heavy atom. The van der Waals surface area contributed by atoms with E-state index < -0.39 is 0 Å². The van der Waals surface area contributed by atoms with Gasteiger partial charge in [-0.3, -0.25) is 0 Å². The summed E-state index contributed by atoms with van der Waals surface area (Å²) in [5, 5.41) is 7.47. The molecule has 1 heterocycles. The molecule has 0 radical (unpaired) electrons. The van der Waals surface area contributed by atoms with E-state index in [0.29, 0.717) is 0 Å². The number of rotatable bonds is 1. The summed E-state index contributed by atoms with van der Waals surface area (Å²) >= 11 is 0.